The number of hydrogen-bond acceptors (Lipinski definition) is 12. The lowest BCUT2D eigenvalue weighted by Gasteiger charge is -2.25. The molecular weight excluding hydrogens is 591 g/mol. The number of rotatable bonds is 13. The highest BCUT2D eigenvalue weighted by Gasteiger charge is 2.17. The van der Waals surface area contributed by atoms with Crippen LogP contribution < -0.4 is 26.4 Å². The van der Waals surface area contributed by atoms with E-state index < -0.39 is 0 Å². The standard InChI is InChI=1S/C29H36Cl2N10O2/c1-16-11-34-21(13-36-25-9-23(30)37-28(32)39-25)18(3)20(16)15-43-8-6-7-41(26-10-24(31)38-29(33)40-26)14-22-19(4)27(42-5)17(2)12-35-22/h9-12H,6-8,13-15H2,1-5H3,(H2,33,38,40)(H3,32,36,37,39). The van der Waals surface area contributed by atoms with Crippen LogP contribution in [0, 0.1) is 27.7 Å². The molecule has 0 aliphatic rings. The second-order valence-electron chi connectivity index (χ2n) is 10.1. The molecule has 4 aromatic heterocycles. The predicted molar refractivity (Wildman–Crippen MR) is 170 cm³/mol. The Bertz CT molecular complexity index is 1550. The number of nitrogen functional groups attached to an aromatic ring is 2. The lowest BCUT2D eigenvalue weighted by atomic mass is 10.0. The summed E-state index contributed by atoms with van der Waals surface area (Å²) in [7, 11) is 1.66. The van der Waals surface area contributed by atoms with Gasteiger partial charge in [-0.1, -0.05) is 23.2 Å². The van der Waals surface area contributed by atoms with Gasteiger partial charge in [-0.2, -0.15) is 9.97 Å². The SMILES string of the molecule is COc1c(C)cnc(CN(CCCOCc2c(C)cnc(CNc3cc(Cl)nc(N)n3)c2C)c2cc(Cl)nc(N)n2)c1C. The van der Waals surface area contributed by atoms with Crippen molar-refractivity contribution in [1.29, 1.82) is 0 Å². The molecular formula is C29H36Cl2N10O2. The van der Waals surface area contributed by atoms with Crippen LogP contribution in [0.5, 0.6) is 5.75 Å². The Balaban J connectivity index is 1.40. The third-order valence-corrected chi connectivity index (χ3v) is 7.39. The maximum absolute atomic E-state index is 6.22. The number of hydrogen-bond donors (Lipinski definition) is 3. The Morgan fingerprint density at radius 1 is 0.860 bits per heavy atom. The molecule has 0 saturated carbocycles. The molecule has 0 amide bonds. The van der Waals surface area contributed by atoms with Crippen LogP contribution in [0.15, 0.2) is 24.5 Å². The van der Waals surface area contributed by atoms with Crippen molar-refractivity contribution in [3.8, 4) is 5.75 Å². The van der Waals surface area contributed by atoms with Crippen LogP contribution in [0.4, 0.5) is 23.5 Å². The first-order chi connectivity index (χ1) is 20.5. The van der Waals surface area contributed by atoms with Crippen LogP contribution in [0.3, 0.4) is 0 Å². The molecule has 0 saturated heterocycles. The number of aryl methyl sites for hydroxylation is 2. The first kappa shape index (κ1) is 31.9. The summed E-state index contributed by atoms with van der Waals surface area (Å²) < 4.78 is 11.7. The Kier molecular flexibility index (Phi) is 10.7. The molecule has 228 valence electrons. The van der Waals surface area contributed by atoms with Crippen LogP contribution in [0.1, 0.15) is 45.6 Å². The highest BCUT2D eigenvalue weighted by molar-refractivity contribution is 6.30. The Hall–Kier alpha value is -4.00. The fourth-order valence-corrected chi connectivity index (χ4v) is 5.10. The number of nitrogens with two attached hydrogens (primary N) is 2. The first-order valence-corrected chi connectivity index (χ1v) is 14.4. The van der Waals surface area contributed by atoms with Gasteiger partial charge in [-0.15, -0.1) is 0 Å². The van der Waals surface area contributed by atoms with Gasteiger partial charge in [-0.3, -0.25) is 9.97 Å². The number of ether oxygens (including phenoxy) is 2. The smallest absolute Gasteiger partial charge is 0.223 e. The Labute approximate surface area is 261 Å². The summed E-state index contributed by atoms with van der Waals surface area (Å²) >= 11 is 12.2. The molecule has 0 aliphatic carbocycles. The third-order valence-electron chi connectivity index (χ3n) is 7.00. The van der Waals surface area contributed by atoms with Gasteiger partial charge in [0.15, 0.2) is 0 Å². The zero-order chi connectivity index (χ0) is 31.1. The molecule has 0 radical (unpaired) electrons. The van der Waals surface area contributed by atoms with Crippen LogP contribution in [-0.2, 0) is 24.4 Å². The van der Waals surface area contributed by atoms with Crippen molar-refractivity contribution in [2.75, 3.05) is 41.9 Å². The van der Waals surface area contributed by atoms with Crippen LogP contribution >= 0.6 is 23.2 Å². The fraction of sp³-hybridized carbons (Fsp3) is 0.379. The predicted octanol–water partition coefficient (Wildman–Crippen LogP) is 5.00. The summed E-state index contributed by atoms with van der Waals surface area (Å²) in [6, 6.07) is 3.31. The number of methoxy groups -OCH3 is 1. The molecule has 0 aromatic carbocycles. The van der Waals surface area contributed by atoms with Crippen LogP contribution in [0.25, 0.3) is 0 Å². The van der Waals surface area contributed by atoms with Gasteiger partial charge in [-0.25, -0.2) is 9.97 Å². The molecule has 0 bridgehead atoms. The molecule has 43 heavy (non-hydrogen) atoms. The number of halogens is 2. The van der Waals surface area contributed by atoms with E-state index in [-0.39, 0.29) is 22.2 Å². The summed E-state index contributed by atoms with van der Waals surface area (Å²) in [6.07, 6.45) is 4.38. The molecule has 0 fully saturated rings. The van der Waals surface area contributed by atoms with Gasteiger partial charge in [0.2, 0.25) is 11.9 Å². The summed E-state index contributed by atoms with van der Waals surface area (Å²) in [5.41, 5.74) is 18.5. The number of aromatic nitrogens is 6. The zero-order valence-electron chi connectivity index (χ0n) is 24.9. The van der Waals surface area contributed by atoms with Crippen molar-refractivity contribution in [2.24, 2.45) is 0 Å². The number of nitrogens with zero attached hydrogens (tertiary/aromatic N) is 7. The molecule has 5 N–H and O–H groups in total. The highest BCUT2D eigenvalue weighted by Crippen LogP contribution is 2.27. The zero-order valence-corrected chi connectivity index (χ0v) is 26.4. The Morgan fingerprint density at radius 3 is 2.23 bits per heavy atom. The van der Waals surface area contributed by atoms with Gasteiger partial charge < -0.3 is 31.2 Å². The maximum atomic E-state index is 6.22. The number of anilines is 4. The molecule has 0 atom stereocenters. The van der Waals surface area contributed by atoms with E-state index in [0.29, 0.717) is 44.5 Å². The average Bonchev–Trinajstić information content (AvgIpc) is 2.94. The van der Waals surface area contributed by atoms with E-state index in [1.54, 1.807) is 19.2 Å². The van der Waals surface area contributed by atoms with Crippen LogP contribution in [0.2, 0.25) is 10.3 Å². The molecule has 0 spiro atoms. The molecule has 4 rings (SSSR count). The normalized spacial score (nSPS) is 11.0. The minimum Gasteiger partial charge on any atom is -0.496 e. The number of pyridine rings is 2. The average molecular weight is 628 g/mol. The summed E-state index contributed by atoms with van der Waals surface area (Å²) in [5, 5.41) is 3.75. The molecule has 0 unspecified atom stereocenters. The van der Waals surface area contributed by atoms with Gasteiger partial charge in [0.1, 0.15) is 27.7 Å². The van der Waals surface area contributed by atoms with Crippen molar-refractivity contribution >= 4 is 46.7 Å². The molecule has 14 heteroatoms. The van der Waals surface area contributed by atoms with Gasteiger partial charge in [0.05, 0.1) is 38.2 Å². The number of nitrogens with one attached hydrogen (secondary N) is 1. The second kappa shape index (κ2) is 14.5. The third kappa shape index (κ3) is 8.31. The van der Waals surface area contributed by atoms with Gasteiger partial charge >= 0.3 is 0 Å². The van der Waals surface area contributed by atoms with E-state index >= 15 is 0 Å². The molecule has 4 aromatic rings. The summed E-state index contributed by atoms with van der Waals surface area (Å²) in [5.74, 6) is 2.17. The van der Waals surface area contributed by atoms with E-state index in [4.69, 9.17) is 44.1 Å². The van der Waals surface area contributed by atoms with Crippen molar-refractivity contribution in [3.63, 3.8) is 0 Å². The maximum Gasteiger partial charge on any atom is 0.223 e. The van der Waals surface area contributed by atoms with Crippen molar-refractivity contribution in [1.82, 2.24) is 29.9 Å². The van der Waals surface area contributed by atoms with Crippen molar-refractivity contribution in [2.45, 2.75) is 53.8 Å². The Morgan fingerprint density at radius 2 is 1.53 bits per heavy atom. The van der Waals surface area contributed by atoms with E-state index in [0.717, 1.165) is 51.4 Å². The summed E-state index contributed by atoms with van der Waals surface area (Å²) in [6.45, 7) is 10.5. The van der Waals surface area contributed by atoms with Crippen molar-refractivity contribution < 1.29 is 9.47 Å². The van der Waals surface area contributed by atoms with Crippen LogP contribution in [-0.4, -0.2) is 50.2 Å². The minimum atomic E-state index is 0.104. The van der Waals surface area contributed by atoms with Crippen molar-refractivity contribution in [3.05, 3.63) is 74.0 Å². The summed E-state index contributed by atoms with van der Waals surface area (Å²) in [4.78, 5) is 27.8. The van der Waals surface area contributed by atoms with Gasteiger partial charge in [0.25, 0.3) is 0 Å². The molecule has 4 heterocycles. The van der Waals surface area contributed by atoms with E-state index in [9.17, 15) is 0 Å². The monoisotopic (exact) mass is 626 g/mol. The van der Waals surface area contributed by atoms with Gasteiger partial charge in [-0.05, 0) is 50.8 Å². The highest BCUT2D eigenvalue weighted by atomic mass is 35.5. The fourth-order valence-electron chi connectivity index (χ4n) is 4.72. The molecule has 12 nitrogen and oxygen atoms in total. The first-order valence-electron chi connectivity index (χ1n) is 13.6. The second-order valence-corrected chi connectivity index (χ2v) is 10.8. The molecule has 0 aliphatic heterocycles. The lowest BCUT2D eigenvalue weighted by molar-refractivity contribution is 0.118. The minimum absolute atomic E-state index is 0.104. The van der Waals surface area contributed by atoms with E-state index in [1.165, 1.54) is 0 Å². The van der Waals surface area contributed by atoms with E-state index in [2.05, 4.69) is 40.1 Å². The lowest BCUT2D eigenvalue weighted by Crippen LogP contribution is -2.27. The topological polar surface area (TPSA) is 163 Å². The largest absolute Gasteiger partial charge is 0.496 e. The quantitative estimate of drug-likeness (QED) is 0.135. The van der Waals surface area contributed by atoms with Gasteiger partial charge in [0, 0.05) is 48.8 Å². The van der Waals surface area contributed by atoms with E-state index in [1.807, 2.05) is 40.1 Å².